The molecule has 0 bridgehead atoms. The first-order valence-electron chi connectivity index (χ1n) is 7.25. The second-order valence-electron chi connectivity index (χ2n) is 5.29. The van der Waals surface area contributed by atoms with E-state index in [0.29, 0.717) is 16.6 Å². The van der Waals surface area contributed by atoms with Gasteiger partial charge in [-0.15, -0.1) is 0 Å². The van der Waals surface area contributed by atoms with Gasteiger partial charge in [0.15, 0.2) is 5.82 Å². The molecule has 2 aromatic heterocycles. The fraction of sp³-hybridized carbons (Fsp3) is 0.118. The molecule has 3 aromatic rings. The molecule has 0 atom stereocenters. The third-order valence-electron chi connectivity index (χ3n) is 3.33. The highest BCUT2D eigenvalue weighted by Crippen LogP contribution is 2.23. The maximum atomic E-state index is 12.2. The van der Waals surface area contributed by atoms with Gasteiger partial charge in [-0.3, -0.25) is 9.78 Å². The van der Waals surface area contributed by atoms with Gasteiger partial charge in [0, 0.05) is 28.7 Å². The quantitative estimate of drug-likeness (QED) is 0.737. The lowest BCUT2D eigenvalue weighted by molar-refractivity contribution is 0.102. The molecule has 0 saturated heterocycles. The normalized spacial score (nSPS) is 10.5. The number of nitrogens with one attached hydrogen (secondary N) is 2. The summed E-state index contributed by atoms with van der Waals surface area (Å²) >= 11 is 5.96. The van der Waals surface area contributed by atoms with Crippen molar-refractivity contribution < 1.29 is 9.32 Å². The summed E-state index contributed by atoms with van der Waals surface area (Å²) in [6, 6.07) is 10.6. The summed E-state index contributed by atoms with van der Waals surface area (Å²) in [6.07, 6.45) is 1.57. The van der Waals surface area contributed by atoms with Crippen LogP contribution in [0.3, 0.4) is 0 Å². The van der Waals surface area contributed by atoms with Crippen LogP contribution in [-0.2, 0) is 0 Å². The number of benzene rings is 1. The molecule has 1 amide bonds. The standard InChI is InChI=1S/C17H15ClN4O2/c1-10-7-12(18)3-4-14(10)20-13-5-6-19-15(9-13)17(23)21-16-8-11(2)24-22-16/h3-9H,1-2H3,(H,19,20)(H,21,22,23). The Labute approximate surface area is 143 Å². The zero-order valence-corrected chi connectivity index (χ0v) is 13.9. The smallest absolute Gasteiger partial charge is 0.275 e. The first kappa shape index (κ1) is 16.0. The van der Waals surface area contributed by atoms with Gasteiger partial charge in [-0.05, 0) is 49.7 Å². The molecular formula is C17H15ClN4O2. The number of nitrogens with zero attached hydrogens (tertiary/aromatic N) is 2. The van der Waals surface area contributed by atoms with Crippen molar-refractivity contribution in [3.63, 3.8) is 0 Å². The topological polar surface area (TPSA) is 80.0 Å². The van der Waals surface area contributed by atoms with Crippen LogP contribution in [0.4, 0.5) is 17.2 Å². The molecule has 0 spiro atoms. The number of amides is 1. The van der Waals surface area contributed by atoms with Crippen molar-refractivity contribution in [3.05, 3.63) is 64.6 Å². The van der Waals surface area contributed by atoms with Gasteiger partial charge in [0.05, 0.1) is 0 Å². The van der Waals surface area contributed by atoms with Crippen LogP contribution in [0.5, 0.6) is 0 Å². The lowest BCUT2D eigenvalue weighted by Crippen LogP contribution is -2.14. The molecule has 122 valence electrons. The lowest BCUT2D eigenvalue weighted by atomic mass is 10.2. The van der Waals surface area contributed by atoms with Gasteiger partial charge in [0.2, 0.25) is 0 Å². The van der Waals surface area contributed by atoms with E-state index in [9.17, 15) is 4.79 Å². The summed E-state index contributed by atoms with van der Waals surface area (Å²) in [5.74, 6) is 0.609. The summed E-state index contributed by atoms with van der Waals surface area (Å²) in [7, 11) is 0. The summed E-state index contributed by atoms with van der Waals surface area (Å²) in [5, 5.41) is 10.3. The second-order valence-corrected chi connectivity index (χ2v) is 5.73. The number of halogens is 1. The van der Waals surface area contributed by atoms with Crippen molar-refractivity contribution >= 4 is 34.7 Å². The Morgan fingerprint density at radius 1 is 1.17 bits per heavy atom. The van der Waals surface area contributed by atoms with Crippen LogP contribution < -0.4 is 10.6 Å². The molecule has 0 saturated carbocycles. The summed E-state index contributed by atoms with van der Waals surface area (Å²) in [6.45, 7) is 3.70. The Morgan fingerprint density at radius 3 is 2.71 bits per heavy atom. The number of aromatic nitrogens is 2. The molecule has 3 rings (SSSR count). The minimum Gasteiger partial charge on any atom is -0.360 e. The predicted molar refractivity (Wildman–Crippen MR) is 92.9 cm³/mol. The fourth-order valence-corrected chi connectivity index (χ4v) is 2.39. The summed E-state index contributed by atoms with van der Waals surface area (Å²) in [4.78, 5) is 16.3. The molecule has 0 fully saturated rings. The maximum absolute atomic E-state index is 12.2. The van der Waals surface area contributed by atoms with E-state index in [1.807, 2.05) is 19.1 Å². The first-order chi connectivity index (χ1) is 11.5. The predicted octanol–water partition coefficient (Wildman–Crippen LogP) is 4.34. The zero-order chi connectivity index (χ0) is 17.1. The van der Waals surface area contributed by atoms with Gasteiger partial charge < -0.3 is 15.2 Å². The first-order valence-corrected chi connectivity index (χ1v) is 7.63. The molecule has 0 aliphatic heterocycles. The molecule has 7 heteroatoms. The van der Waals surface area contributed by atoms with Crippen LogP contribution in [0, 0.1) is 13.8 Å². The Hall–Kier alpha value is -2.86. The SMILES string of the molecule is Cc1cc(NC(=O)c2cc(Nc3ccc(Cl)cc3C)ccn2)no1. The maximum Gasteiger partial charge on any atom is 0.275 e. The van der Waals surface area contributed by atoms with Crippen LogP contribution in [0.2, 0.25) is 5.02 Å². The molecule has 24 heavy (non-hydrogen) atoms. The van der Waals surface area contributed by atoms with Crippen LogP contribution in [0.15, 0.2) is 47.1 Å². The van der Waals surface area contributed by atoms with Gasteiger partial charge in [0.1, 0.15) is 11.5 Å². The number of carbonyl (C=O) groups excluding carboxylic acids is 1. The van der Waals surface area contributed by atoms with Crippen LogP contribution in [-0.4, -0.2) is 16.0 Å². The number of anilines is 3. The third-order valence-corrected chi connectivity index (χ3v) is 3.56. The van der Waals surface area contributed by atoms with E-state index < -0.39 is 0 Å². The molecular weight excluding hydrogens is 328 g/mol. The third kappa shape index (κ3) is 3.72. The highest BCUT2D eigenvalue weighted by molar-refractivity contribution is 6.30. The average Bonchev–Trinajstić information content (AvgIpc) is 2.95. The molecule has 0 aliphatic carbocycles. The van der Waals surface area contributed by atoms with Gasteiger partial charge >= 0.3 is 0 Å². The molecule has 2 heterocycles. The van der Waals surface area contributed by atoms with Crippen molar-refractivity contribution in [1.29, 1.82) is 0 Å². The largest absolute Gasteiger partial charge is 0.360 e. The highest BCUT2D eigenvalue weighted by atomic mass is 35.5. The average molecular weight is 343 g/mol. The monoisotopic (exact) mass is 342 g/mol. The summed E-state index contributed by atoms with van der Waals surface area (Å²) in [5.41, 5.74) is 2.93. The zero-order valence-electron chi connectivity index (χ0n) is 13.1. The van der Waals surface area contributed by atoms with E-state index in [1.54, 1.807) is 37.4 Å². The number of hydrogen-bond donors (Lipinski definition) is 2. The number of hydrogen-bond acceptors (Lipinski definition) is 5. The fourth-order valence-electron chi connectivity index (χ4n) is 2.16. The van der Waals surface area contributed by atoms with Gasteiger partial charge in [0.25, 0.3) is 5.91 Å². The highest BCUT2D eigenvalue weighted by Gasteiger charge is 2.11. The van der Waals surface area contributed by atoms with Crippen molar-refractivity contribution in [2.75, 3.05) is 10.6 Å². The lowest BCUT2D eigenvalue weighted by Gasteiger charge is -2.10. The molecule has 0 radical (unpaired) electrons. The molecule has 6 nitrogen and oxygen atoms in total. The van der Waals surface area contributed by atoms with Gasteiger partial charge in [-0.25, -0.2) is 0 Å². The van der Waals surface area contributed by atoms with E-state index >= 15 is 0 Å². The van der Waals surface area contributed by atoms with E-state index in [1.165, 1.54) is 0 Å². The molecule has 1 aromatic carbocycles. The van der Waals surface area contributed by atoms with Crippen molar-refractivity contribution in [2.45, 2.75) is 13.8 Å². The number of pyridine rings is 1. The molecule has 0 aliphatic rings. The second kappa shape index (κ2) is 6.72. The Bertz CT molecular complexity index is 892. The van der Waals surface area contributed by atoms with E-state index in [4.69, 9.17) is 16.1 Å². The van der Waals surface area contributed by atoms with Gasteiger partial charge in [-0.1, -0.05) is 16.8 Å². The van der Waals surface area contributed by atoms with Crippen molar-refractivity contribution in [2.24, 2.45) is 0 Å². The van der Waals surface area contributed by atoms with E-state index in [0.717, 1.165) is 16.9 Å². The molecule has 2 N–H and O–H groups in total. The van der Waals surface area contributed by atoms with Crippen molar-refractivity contribution in [3.8, 4) is 0 Å². The Balaban J connectivity index is 1.77. The number of aryl methyl sites for hydroxylation is 2. The van der Waals surface area contributed by atoms with E-state index in [2.05, 4.69) is 20.8 Å². The number of rotatable bonds is 4. The van der Waals surface area contributed by atoms with Crippen LogP contribution in [0.1, 0.15) is 21.8 Å². The summed E-state index contributed by atoms with van der Waals surface area (Å²) < 4.78 is 4.92. The van der Waals surface area contributed by atoms with E-state index in [-0.39, 0.29) is 11.6 Å². The minimum atomic E-state index is -0.361. The molecule has 0 unspecified atom stereocenters. The minimum absolute atomic E-state index is 0.271. The number of carbonyl (C=O) groups is 1. The van der Waals surface area contributed by atoms with Gasteiger partial charge in [-0.2, -0.15) is 0 Å². The van der Waals surface area contributed by atoms with Crippen molar-refractivity contribution in [1.82, 2.24) is 10.1 Å². The Kier molecular flexibility index (Phi) is 4.48. The van der Waals surface area contributed by atoms with Crippen LogP contribution >= 0.6 is 11.6 Å². The Morgan fingerprint density at radius 2 is 2.00 bits per heavy atom. The van der Waals surface area contributed by atoms with Crippen LogP contribution in [0.25, 0.3) is 0 Å².